The zero-order valence-electron chi connectivity index (χ0n) is 17.1. The maximum atomic E-state index is 12.9. The molecule has 3 rings (SSSR count). The molecule has 1 aromatic rings. The highest BCUT2D eigenvalue weighted by atomic mass is 79.9. The van der Waals surface area contributed by atoms with Gasteiger partial charge in [-0.2, -0.15) is 4.98 Å². The summed E-state index contributed by atoms with van der Waals surface area (Å²) in [7, 11) is -3.86. The molecule has 0 unspecified atom stereocenters. The number of halogens is 1. The van der Waals surface area contributed by atoms with Gasteiger partial charge in [0.25, 0.3) is 10.0 Å². The number of fused-ring (bicyclic) bond motifs is 1. The van der Waals surface area contributed by atoms with Crippen molar-refractivity contribution in [2.75, 3.05) is 15.8 Å². The van der Waals surface area contributed by atoms with Crippen LogP contribution in [0.5, 0.6) is 0 Å². The lowest BCUT2D eigenvalue weighted by atomic mass is 10.2. The number of hydrogen-bond donors (Lipinski definition) is 1. The van der Waals surface area contributed by atoms with E-state index >= 15 is 0 Å². The molecule has 0 aliphatic carbocycles. The summed E-state index contributed by atoms with van der Waals surface area (Å²) >= 11 is 6.65. The first-order valence-electron chi connectivity index (χ1n) is 9.55. The number of rotatable bonds is 9. The highest BCUT2D eigenvalue weighted by Crippen LogP contribution is 2.38. The molecule has 1 N–H and O–H groups in total. The summed E-state index contributed by atoms with van der Waals surface area (Å²) in [6.45, 7) is 5.71. The van der Waals surface area contributed by atoms with E-state index in [1.807, 2.05) is 20.8 Å². The van der Waals surface area contributed by atoms with Crippen molar-refractivity contribution < 1.29 is 8.42 Å². The van der Waals surface area contributed by atoms with Gasteiger partial charge in [-0.3, -0.25) is 9.29 Å². The Kier molecular flexibility index (Phi) is 7.65. The smallest absolute Gasteiger partial charge is 0.261 e. The van der Waals surface area contributed by atoms with Gasteiger partial charge < -0.3 is 0 Å². The fourth-order valence-electron chi connectivity index (χ4n) is 2.93. The minimum atomic E-state index is -3.86. The van der Waals surface area contributed by atoms with Crippen molar-refractivity contribution >= 4 is 54.9 Å². The van der Waals surface area contributed by atoms with Gasteiger partial charge in [0.1, 0.15) is 5.69 Å². The standard InChI is InChI=1S/C20H24BrN3O3S3/c1-13-7-9-16(10-8-13)30(26,27)23-18-17-19(28-12-6-4-5-11-21)29-15(3)14(2)24(17)20(25)22-18/h7-10H,4-6,11-12H2,1-3H3,(H,22,23,25). The Labute approximate surface area is 193 Å². The molecular formula is C20H24BrN3O3S3. The monoisotopic (exact) mass is 529 g/mol. The Morgan fingerprint density at radius 2 is 1.83 bits per heavy atom. The van der Waals surface area contributed by atoms with E-state index < -0.39 is 15.7 Å². The summed E-state index contributed by atoms with van der Waals surface area (Å²) in [5.74, 6) is 0.980. The SMILES string of the molecule is Cc1ccc(S(=O)(=O)Nc2nc(=O)n3c(C)c(C)sc(SCCCCCBr)c2-3)cc1. The molecule has 0 spiro atoms. The molecule has 2 heterocycles. The maximum absolute atomic E-state index is 12.9. The maximum Gasteiger partial charge on any atom is 0.354 e. The summed E-state index contributed by atoms with van der Waals surface area (Å²) < 4.78 is 30.7. The molecule has 6 nitrogen and oxygen atoms in total. The summed E-state index contributed by atoms with van der Waals surface area (Å²) in [4.78, 5) is 17.8. The zero-order valence-corrected chi connectivity index (χ0v) is 21.1. The van der Waals surface area contributed by atoms with Crippen LogP contribution in [0.2, 0.25) is 0 Å². The van der Waals surface area contributed by atoms with Gasteiger partial charge in [0.2, 0.25) is 0 Å². The highest BCUT2D eigenvalue weighted by Gasteiger charge is 2.26. The minimum absolute atomic E-state index is 0.0860. The third-order valence-corrected chi connectivity index (χ3v) is 9.15. The minimum Gasteiger partial charge on any atom is -0.261 e. The van der Waals surface area contributed by atoms with Crippen LogP contribution in [0.3, 0.4) is 0 Å². The second kappa shape index (κ2) is 9.84. The molecule has 2 aliphatic rings. The Balaban J connectivity index is 1.98. The van der Waals surface area contributed by atoms with E-state index in [1.54, 1.807) is 47.4 Å². The fourth-order valence-corrected chi connectivity index (χ4v) is 6.86. The number of imidazole rings is 1. The van der Waals surface area contributed by atoms with E-state index in [1.165, 1.54) is 4.57 Å². The number of sulfonamides is 1. The van der Waals surface area contributed by atoms with Crippen LogP contribution in [0.4, 0.5) is 5.82 Å². The van der Waals surface area contributed by atoms with Crippen molar-refractivity contribution in [3.8, 4) is 5.69 Å². The number of anilines is 1. The van der Waals surface area contributed by atoms with E-state index in [-0.39, 0.29) is 10.7 Å². The molecule has 0 saturated carbocycles. The van der Waals surface area contributed by atoms with Crippen molar-refractivity contribution in [2.45, 2.75) is 49.1 Å². The van der Waals surface area contributed by atoms with E-state index in [2.05, 4.69) is 25.6 Å². The van der Waals surface area contributed by atoms with Crippen molar-refractivity contribution in [3.05, 3.63) is 50.9 Å². The van der Waals surface area contributed by atoms with E-state index in [4.69, 9.17) is 0 Å². The van der Waals surface area contributed by atoms with Gasteiger partial charge in [-0.15, -0.1) is 23.1 Å². The van der Waals surface area contributed by atoms with Crippen LogP contribution in [0, 0.1) is 20.8 Å². The molecule has 0 fully saturated rings. The van der Waals surface area contributed by atoms with Gasteiger partial charge in [-0.1, -0.05) is 40.0 Å². The topological polar surface area (TPSA) is 81.1 Å². The van der Waals surface area contributed by atoms with Crippen LogP contribution < -0.4 is 10.4 Å². The average Bonchev–Trinajstić information content (AvgIpc) is 3.01. The number of nitrogens with one attached hydrogen (secondary N) is 1. The van der Waals surface area contributed by atoms with E-state index in [0.717, 1.165) is 50.7 Å². The second-order valence-corrected chi connectivity index (χ2v) is 12.0. The third kappa shape index (κ3) is 5.09. The Hall–Kier alpha value is -1.36. The number of thioether (sulfide) groups is 1. The Morgan fingerprint density at radius 3 is 2.50 bits per heavy atom. The molecule has 1 aromatic carbocycles. The summed E-state index contributed by atoms with van der Waals surface area (Å²) in [5, 5.41) is 0.987. The molecule has 30 heavy (non-hydrogen) atoms. The van der Waals surface area contributed by atoms with Gasteiger partial charge in [-0.05, 0) is 51.5 Å². The number of benzene rings is 1. The molecule has 0 radical (unpaired) electrons. The molecule has 0 aromatic heterocycles. The predicted molar refractivity (Wildman–Crippen MR) is 129 cm³/mol. The number of aromatic nitrogens is 2. The Morgan fingerprint density at radius 1 is 1.13 bits per heavy atom. The summed E-state index contributed by atoms with van der Waals surface area (Å²) in [6, 6.07) is 6.57. The first kappa shape index (κ1) is 23.3. The van der Waals surface area contributed by atoms with Gasteiger partial charge in [0, 0.05) is 15.9 Å². The molecule has 2 aliphatic heterocycles. The second-order valence-electron chi connectivity index (χ2n) is 6.97. The molecule has 0 bridgehead atoms. The third-order valence-electron chi connectivity index (χ3n) is 4.70. The van der Waals surface area contributed by atoms with Crippen LogP contribution in [-0.2, 0) is 10.0 Å². The molecule has 0 saturated heterocycles. The van der Waals surface area contributed by atoms with Crippen LogP contribution in [0.25, 0.3) is 5.69 Å². The zero-order chi connectivity index (χ0) is 21.9. The lowest BCUT2D eigenvalue weighted by Gasteiger charge is -2.16. The fraction of sp³-hybridized carbons (Fsp3) is 0.400. The molecule has 0 atom stereocenters. The molecule has 10 heteroatoms. The number of nitrogens with zero attached hydrogens (tertiary/aromatic N) is 2. The number of hydrogen-bond acceptors (Lipinski definition) is 6. The van der Waals surface area contributed by atoms with Gasteiger partial charge >= 0.3 is 5.69 Å². The normalized spacial score (nSPS) is 11.9. The summed E-state index contributed by atoms with van der Waals surface area (Å²) in [5.41, 5.74) is 1.81. The van der Waals surface area contributed by atoms with Crippen LogP contribution in [0.1, 0.15) is 35.4 Å². The van der Waals surface area contributed by atoms with Gasteiger partial charge in [0.05, 0.1) is 9.10 Å². The van der Waals surface area contributed by atoms with Crippen molar-refractivity contribution in [1.82, 2.24) is 9.55 Å². The van der Waals surface area contributed by atoms with Crippen LogP contribution >= 0.6 is 39.0 Å². The molecular weight excluding hydrogens is 506 g/mol. The van der Waals surface area contributed by atoms with Crippen LogP contribution in [0.15, 0.2) is 38.2 Å². The Bertz CT molecular complexity index is 1150. The highest BCUT2D eigenvalue weighted by molar-refractivity contribution is 9.09. The number of alkyl halides is 1. The first-order chi connectivity index (χ1) is 14.2. The largest absolute Gasteiger partial charge is 0.354 e. The first-order valence-corrected chi connectivity index (χ1v) is 14.0. The van der Waals surface area contributed by atoms with Crippen molar-refractivity contribution in [3.63, 3.8) is 0 Å². The molecule has 162 valence electrons. The summed E-state index contributed by atoms with van der Waals surface area (Å²) in [6.07, 6.45) is 3.28. The quantitative estimate of drug-likeness (QED) is 0.236. The lowest BCUT2D eigenvalue weighted by Crippen LogP contribution is -2.17. The van der Waals surface area contributed by atoms with Crippen LogP contribution in [-0.4, -0.2) is 29.1 Å². The van der Waals surface area contributed by atoms with Crippen molar-refractivity contribution in [2.24, 2.45) is 0 Å². The predicted octanol–water partition coefficient (Wildman–Crippen LogP) is 5.12. The number of aryl methyl sites for hydroxylation is 2. The van der Waals surface area contributed by atoms with Gasteiger partial charge in [-0.25, -0.2) is 13.2 Å². The van der Waals surface area contributed by atoms with Crippen molar-refractivity contribution in [1.29, 1.82) is 0 Å². The van der Waals surface area contributed by atoms with E-state index in [0.29, 0.717) is 5.69 Å². The number of unbranched alkanes of at least 4 members (excludes halogenated alkanes) is 2. The molecule has 0 amide bonds. The van der Waals surface area contributed by atoms with Gasteiger partial charge in [0.15, 0.2) is 5.82 Å². The average molecular weight is 531 g/mol. The lowest BCUT2D eigenvalue weighted by molar-refractivity contribution is 0.601. The van der Waals surface area contributed by atoms with E-state index in [9.17, 15) is 13.2 Å².